The molecule has 0 atom stereocenters. The normalized spacial score (nSPS) is 11.3. The molecule has 84 valence electrons. The van der Waals surface area contributed by atoms with Crippen LogP contribution in [0.3, 0.4) is 0 Å². The van der Waals surface area contributed by atoms with Gasteiger partial charge < -0.3 is 5.73 Å². The van der Waals surface area contributed by atoms with Crippen molar-refractivity contribution in [3.8, 4) is 0 Å². The molecule has 2 rings (SSSR count). The molecule has 0 fully saturated rings. The molecule has 0 heterocycles. The van der Waals surface area contributed by atoms with Gasteiger partial charge in [-0.3, -0.25) is 0 Å². The van der Waals surface area contributed by atoms with Gasteiger partial charge in [-0.2, -0.15) is 0 Å². The molecule has 0 saturated heterocycles. The first kappa shape index (κ1) is 11.2. The second kappa shape index (κ2) is 5.71. The molecule has 0 aliphatic heterocycles. The Morgan fingerprint density at radius 1 is 0.647 bits per heavy atom. The molecule has 1 nitrogen and oxygen atoms in total. The second-order valence-corrected chi connectivity index (χ2v) is 3.80. The summed E-state index contributed by atoms with van der Waals surface area (Å²) in [6, 6.07) is 18.0. The zero-order chi connectivity index (χ0) is 11.9. The van der Waals surface area contributed by atoms with Crippen LogP contribution in [-0.2, 0) is 0 Å². The Balaban J connectivity index is 1.98. The average Bonchev–Trinajstić information content (AvgIpc) is 2.38. The molecule has 2 aromatic rings. The highest BCUT2D eigenvalue weighted by atomic mass is 14.5. The Hall–Kier alpha value is -2.28. The summed E-state index contributed by atoms with van der Waals surface area (Å²) in [4.78, 5) is 0. The van der Waals surface area contributed by atoms with E-state index < -0.39 is 0 Å². The molecule has 0 bridgehead atoms. The average molecular weight is 221 g/mol. The summed E-state index contributed by atoms with van der Waals surface area (Å²) in [6.07, 6.45) is 8.19. The number of hydrogen-bond acceptors (Lipinski definition) is 1. The van der Waals surface area contributed by atoms with Crippen LogP contribution >= 0.6 is 0 Å². The van der Waals surface area contributed by atoms with Gasteiger partial charge in [-0.05, 0) is 23.3 Å². The van der Waals surface area contributed by atoms with E-state index in [0.717, 1.165) is 11.3 Å². The standard InChI is InChI=1S/C16H15N/c17-16-12-10-15(11-13-16)9-5-4-8-14-6-2-1-3-7-14/h1-13H,17H2. The third kappa shape index (κ3) is 3.65. The lowest BCUT2D eigenvalue weighted by Gasteiger charge is -1.93. The van der Waals surface area contributed by atoms with Crippen molar-refractivity contribution in [1.82, 2.24) is 0 Å². The fourth-order valence-electron chi connectivity index (χ4n) is 1.50. The van der Waals surface area contributed by atoms with Crippen molar-refractivity contribution in [2.45, 2.75) is 0 Å². The van der Waals surface area contributed by atoms with Gasteiger partial charge >= 0.3 is 0 Å². The molecule has 0 radical (unpaired) electrons. The lowest BCUT2D eigenvalue weighted by Crippen LogP contribution is -1.82. The number of nitrogens with two attached hydrogens (primary N) is 1. The van der Waals surface area contributed by atoms with Crippen LogP contribution in [0.15, 0.2) is 66.7 Å². The maximum atomic E-state index is 5.62. The maximum absolute atomic E-state index is 5.62. The van der Waals surface area contributed by atoms with Crippen LogP contribution in [0.2, 0.25) is 0 Å². The van der Waals surface area contributed by atoms with Crippen LogP contribution in [0, 0.1) is 0 Å². The van der Waals surface area contributed by atoms with Crippen LogP contribution < -0.4 is 5.73 Å². The van der Waals surface area contributed by atoms with E-state index in [1.807, 2.05) is 54.6 Å². The highest BCUT2D eigenvalue weighted by Crippen LogP contribution is 2.07. The molecule has 0 saturated carbocycles. The Morgan fingerprint density at radius 2 is 1.18 bits per heavy atom. The third-order valence-electron chi connectivity index (χ3n) is 2.42. The summed E-state index contributed by atoms with van der Waals surface area (Å²) in [5.74, 6) is 0. The number of rotatable bonds is 3. The lowest BCUT2D eigenvalue weighted by atomic mass is 10.2. The summed E-state index contributed by atoms with van der Waals surface area (Å²) in [6.45, 7) is 0. The van der Waals surface area contributed by atoms with E-state index in [4.69, 9.17) is 5.73 Å². The molecule has 0 amide bonds. The van der Waals surface area contributed by atoms with E-state index in [2.05, 4.69) is 24.3 Å². The van der Waals surface area contributed by atoms with Gasteiger partial charge in [0.2, 0.25) is 0 Å². The Labute approximate surface area is 102 Å². The minimum atomic E-state index is 0.793. The topological polar surface area (TPSA) is 26.0 Å². The number of benzene rings is 2. The molecule has 0 spiro atoms. The van der Waals surface area contributed by atoms with E-state index in [1.54, 1.807) is 0 Å². The maximum Gasteiger partial charge on any atom is 0.0314 e. The summed E-state index contributed by atoms with van der Waals surface area (Å²) in [7, 11) is 0. The largest absolute Gasteiger partial charge is 0.399 e. The summed E-state index contributed by atoms with van der Waals surface area (Å²) >= 11 is 0. The van der Waals surface area contributed by atoms with E-state index >= 15 is 0 Å². The highest BCUT2D eigenvalue weighted by Gasteiger charge is 1.85. The van der Waals surface area contributed by atoms with Gasteiger partial charge in [0, 0.05) is 5.69 Å². The first-order valence-electron chi connectivity index (χ1n) is 5.60. The summed E-state index contributed by atoms with van der Waals surface area (Å²) in [5.41, 5.74) is 8.77. The summed E-state index contributed by atoms with van der Waals surface area (Å²) in [5, 5.41) is 0. The SMILES string of the molecule is Nc1ccc(C=CC=Cc2ccccc2)cc1. The lowest BCUT2D eigenvalue weighted by molar-refractivity contribution is 1.64. The van der Waals surface area contributed by atoms with Crippen LogP contribution in [0.5, 0.6) is 0 Å². The zero-order valence-corrected chi connectivity index (χ0v) is 9.58. The van der Waals surface area contributed by atoms with Gasteiger partial charge in [0.25, 0.3) is 0 Å². The van der Waals surface area contributed by atoms with Gasteiger partial charge in [0.05, 0.1) is 0 Å². The van der Waals surface area contributed by atoms with Crippen molar-refractivity contribution in [3.63, 3.8) is 0 Å². The first-order chi connectivity index (χ1) is 8.34. The van der Waals surface area contributed by atoms with E-state index in [9.17, 15) is 0 Å². The summed E-state index contributed by atoms with van der Waals surface area (Å²) < 4.78 is 0. The minimum Gasteiger partial charge on any atom is -0.399 e. The molecule has 0 unspecified atom stereocenters. The fourth-order valence-corrected chi connectivity index (χ4v) is 1.50. The van der Waals surface area contributed by atoms with Gasteiger partial charge in [-0.15, -0.1) is 0 Å². The van der Waals surface area contributed by atoms with Crippen molar-refractivity contribution >= 4 is 17.8 Å². The number of nitrogen functional groups attached to an aromatic ring is 1. The van der Waals surface area contributed by atoms with Crippen molar-refractivity contribution < 1.29 is 0 Å². The minimum absolute atomic E-state index is 0.793. The van der Waals surface area contributed by atoms with Gasteiger partial charge in [0.1, 0.15) is 0 Å². The molecule has 2 aromatic carbocycles. The third-order valence-corrected chi connectivity index (χ3v) is 2.42. The smallest absolute Gasteiger partial charge is 0.0314 e. The van der Waals surface area contributed by atoms with Crippen molar-refractivity contribution in [3.05, 3.63) is 77.9 Å². The van der Waals surface area contributed by atoms with Gasteiger partial charge in [-0.25, -0.2) is 0 Å². The Morgan fingerprint density at radius 3 is 1.76 bits per heavy atom. The molecule has 0 aliphatic carbocycles. The van der Waals surface area contributed by atoms with Crippen LogP contribution in [0.1, 0.15) is 11.1 Å². The van der Waals surface area contributed by atoms with Crippen LogP contribution in [0.25, 0.3) is 12.2 Å². The Kier molecular flexibility index (Phi) is 3.77. The molecule has 0 aliphatic rings. The monoisotopic (exact) mass is 221 g/mol. The number of allylic oxidation sites excluding steroid dienone is 2. The fraction of sp³-hybridized carbons (Fsp3) is 0. The number of anilines is 1. The predicted molar refractivity (Wildman–Crippen MR) is 75.4 cm³/mol. The van der Waals surface area contributed by atoms with Crippen molar-refractivity contribution in [2.75, 3.05) is 5.73 Å². The number of hydrogen-bond donors (Lipinski definition) is 1. The van der Waals surface area contributed by atoms with Crippen molar-refractivity contribution in [1.29, 1.82) is 0 Å². The highest BCUT2D eigenvalue weighted by molar-refractivity contribution is 5.58. The van der Waals surface area contributed by atoms with E-state index in [0.29, 0.717) is 0 Å². The first-order valence-corrected chi connectivity index (χ1v) is 5.60. The quantitative estimate of drug-likeness (QED) is 0.615. The molecule has 2 N–H and O–H groups in total. The second-order valence-electron chi connectivity index (χ2n) is 3.80. The van der Waals surface area contributed by atoms with E-state index in [-0.39, 0.29) is 0 Å². The Bertz CT molecular complexity index is 507. The van der Waals surface area contributed by atoms with E-state index in [1.165, 1.54) is 5.56 Å². The van der Waals surface area contributed by atoms with Gasteiger partial charge in [0.15, 0.2) is 0 Å². The molecule has 17 heavy (non-hydrogen) atoms. The molecular formula is C16H15N. The molecule has 1 heteroatoms. The van der Waals surface area contributed by atoms with Crippen molar-refractivity contribution in [2.24, 2.45) is 0 Å². The molecule has 0 aromatic heterocycles. The van der Waals surface area contributed by atoms with Gasteiger partial charge in [-0.1, -0.05) is 66.8 Å². The zero-order valence-electron chi connectivity index (χ0n) is 9.58. The van der Waals surface area contributed by atoms with Crippen LogP contribution in [-0.4, -0.2) is 0 Å². The predicted octanol–water partition coefficient (Wildman–Crippen LogP) is 4.00. The van der Waals surface area contributed by atoms with Crippen LogP contribution in [0.4, 0.5) is 5.69 Å². The molecular weight excluding hydrogens is 206 g/mol.